The van der Waals surface area contributed by atoms with Crippen LogP contribution in [0.3, 0.4) is 0 Å². The molecule has 4 nitrogen and oxygen atoms in total. The lowest BCUT2D eigenvalue weighted by molar-refractivity contribution is -0.117. The molecule has 1 aliphatic rings. The minimum Gasteiger partial charge on any atom is -0.326 e. The van der Waals surface area contributed by atoms with E-state index in [4.69, 9.17) is 69.6 Å². The average molecular weight is 563 g/mol. The summed E-state index contributed by atoms with van der Waals surface area (Å²) < 4.78 is -1.31. The first-order chi connectivity index (χ1) is 15.6. The van der Waals surface area contributed by atoms with Crippen molar-refractivity contribution in [3.63, 3.8) is 0 Å². The number of halogens is 6. The van der Waals surface area contributed by atoms with E-state index in [2.05, 4.69) is 10.6 Å². The molecule has 10 heteroatoms. The molecule has 2 N–H and O–H groups in total. The minimum absolute atomic E-state index is 0.303. The second kappa shape index (κ2) is 9.53. The monoisotopic (exact) mass is 560 g/mol. The molecule has 1 saturated carbocycles. The number of rotatable bonds is 5. The van der Waals surface area contributed by atoms with Gasteiger partial charge in [-0.1, -0.05) is 46.4 Å². The second-order valence-corrected chi connectivity index (χ2v) is 10.6. The Morgan fingerprint density at radius 2 is 1.39 bits per heavy atom. The average Bonchev–Trinajstić information content (AvgIpc) is 3.32. The molecule has 4 rings (SSSR count). The molecule has 3 aromatic rings. The quantitative estimate of drug-likeness (QED) is 0.309. The molecule has 0 unspecified atom stereocenters. The second-order valence-electron chi connectivity index (χ2n) is 7.48. The smallest absolute Gasteiger partial charge is 0.255 e. The number of benzene rings is 3. The van der Waals surface area contributed by atoms with Crippen molar-refractivity contribution in [2.75, 3.05) is 10.6 Å². The van der Waals surface area contributed by atoms with E-state index in [0.29, 0.717) is 42.6 Å². The summed E-state index contributed by atoms with van der Waals surface area (Å²) in [5.41, 5.74) is 1.81. The maximum absolute atomic E-state index is 12.9. The van der Waals surface area contributed by atoms with Gasteiger partial charge in [0.1, 0.15) is 4.33 Å². The first kappa shape index (κ1) is 24.5. The fraction of sp³-hybridized carbons (Fsp3) is 0.130. The minimum atomic E-state index is -1.31. The van der Waals surface area contributed by atoms with Crippen molar-refractivity contribution >= 4 is 92.8 Å². The molecule has 0 heterocycles. The molecule has 2 amide bonds. The summed E-state index contributed by atoms with van der Waals surface area (Å²) >= 11 is 37.1. The summed E-state index contributed by atoms with van der Waals surface area (Å²) in [6, 6.07) is 16.1. The van der Waals surface area contributed by atoms with Gasteiger partial charge in [-0.15, -0.1) is 23.2 Å². The van der Waals surface area contributed by atoms with Crippen molar-refractivity contribution in [1.82, 2.24) is 0 Å². The standard InChI is InChI=1S/C23H14Cl6N2O2/c24-13-3-1-11(2-4-13)21(32)31-18-10-16(5-6-17(18)27)30-22(33)20-19(23(20,28)29)12-7-14(25)9-15(26)8-12/h1-10,19-20H,(H,30,33)(H,31,32)/t19-,20+/m0/s1. The van der Waals surface area contributed by atoms with Gasteiger partial charge in [0.05, 0.1) is 16.6 Å². The molecule has 33 heavy (non-hydrogen) atoms. The van der Waals surface area contributed by atoms with Gasteiger partial charge in [0, 0.05) is 32.2 Å². The highest BCUT2D eigenvalue weighted by molar-refractivity contribution is 6.53. The van der Waals surface area contributed by atoms with Gasteiger partial charge in [-0.2, -0.15) is 0 Å². The lowest BCUT2D eigenvalue weighted by atomic mass is 10.1. The van der Waals surface area contributed by atoms with Crippen molar-refractivity contribution in [2.45, 2.75) is 10.3 Å². The summed E-state index contributed by atoms with van der Waals surface area (Å²) in [6.45, 7) is 0. The van der Waals surface area contributed by atoms with Crippen LogP contribution in [0.15, 0.2) is 60.7 Å². The maximum atomic E-state index is 12.9. The molecule has 2 atom stereocenters. The zero-order valence-electron chi connectivity index (χ0n) is 16.5. The van der Waals surface area contributed by atoms with Crippen LogP contribution in [0, 0.1) is 5.92 Å². The van der Waals surface area contributed by atoms with E-state index >= 15 is 0 Å². The van der Waals surface area contributed by atoms with Crippen molar-refractivity contribution in [3.05, 3.63) is 91.9 Å². The van der Waals surface area contributed by atoms with Crippen LogP contribution in [0.25, 0.3) is 0 Å². The summed E-state index contributed by atoms with van der Waals surface area (Å²) in [5.74, 6) is -1.97. The van der Waals surface area contributed by atoms with Gasteiger partial charge in [0.25, 0.3) is 5.91 Å². The highest BCUT2D eigenvalue weighted by atomic mass is 35.5. The molecule has 0 radical (unpaired) electrons. The molecule has 0 aliphatic heterocycles. The molecular weight excluding hydrogens is 549 g/mol. The molecular formula is C23H14Cl6N2O2. The predicted molar refractivity (Wildman–Crippen MR) is 137 cm³/mol. The highest BCUT2D eigenvalue weighted by Crippen LogP contribution is 2.65. The number of nitrogens with one attached hydrogen (secondary N) is 2. The normalized spacial score (nSPS) is 18.5. The van der Waals surface area contributed by atoms with Crippen LogP contribution in [0.5, 0.6) is 0 Å². The third-order valence-corrected chi connectivity index (χ3v) is 7.13. The first-order valence-corrected chi connectivity index (χ1v) is 11.8. The van der Waals surface area contributed by atoms with Crippen molar-refractivity contribution in [1.29, 1.82) is 0 Å². The van der Waals surface area contributed by atoms with E-state index in [1.807, 2.05) is 0 Å². The lowest BCUT2D eigenvalue weighted by Crippen LogP contribution is -2.17. The van der Waals surface area contributed by atoms with Crippen LogP contribution in [0.1, 0.15) is 21.8 Å². The van der Waals surface area contributed by atoms with E-state index in [1.165, 1.54) is 0 Å². The Labute approximate surface area is 220 Å². The van der Waals surface area contributed by atoms with Gasteiger partial charge in [0.2, 0.25) is 5.91 Å². The fourth-order valence-corrected chi connectivity index (χ4v) is 5.20. The van der Waals surface area contributed by atoms with Crippen molar-refractivity contribution in [2.24, 2.45) is 5.92 Å². The summed E-state index contributed by atoms with van der Waals surface area (Å²) in [4.78, 5) is 25.4. The number of amides is 2. The molecule has 0 saturated heterocycles. The summed E-state index contributed by atoms with van der Waals surface area (Å²) in [5, 5.41) is 7.16. The fourth-order valence-electron chi connectivity index (χ4n) is 3.54. The maximum Gasteiger partial charge on any atom is 0.255 e. The Hall–Kier alpha value is -1.66. The first-order valence-electron chi connectivity index (χ1n) is 9.57. The van der Waals surface area contributed by atoms with Gasteiger partial charge in [-0.25, -0.2) is 0 Å². The molecule has 0 bridgehead atoms. The van der Waals surface area contributed by atoms with Crippen LogP contribution in [0.4, 0.5) is 11.4 Å². The number of alkyl halides is 2. The zero-order valence-corrected chi connectivity index (χ0v) is 21.0. The van der Waals surface area contributed by atoms with Crippen LogP contribution < -0.4 is 10.6 Å². The van der Waals surface area contributed by atoms with Gasteiger partial charge in [-0.3, -0.25) is 9.59 Å². The topological polar surface area (TPSA) is 58.2 Å². The number of hydrogen-bond acceptors (Lipinski definition) is 2. The van der Waals surface area contributed by atoms with Crippen LogP contribution in [-0.4, -0.2) is 16.1 Å². The number of carbonyl (C=O) groups excluding carboxylic acids is 2. The Balaban J connectivity index is 1.49. The van der Waals surface area contributed by atoms with Gasteiger partial charge < -0.3 is 10.6 Å². The Bertz CT molecular complexity index is 1230. The summed E-state index contributed by atoms with van der Waals surface area (Å²) in [6.07, 6.45) is 0. The van der Waals surface area contributed by atoms with Crippen molar-refractivity contribution in [3.8, 4) is 0 Å². The zero-order chi connectivity index (χ0) is 23.9. The third-order valence-electron chi connectivity index (χ3n) is 5.17. The Morgan fingerprint density at radius 1 is 0.758 bits per heavy atom. The molecule has 3 aromatic carbocycles. The van der Waals surface area contributed by atoms with E-state index in [1.54, 1.807) is 60.7 Å². The van der Waals surface area contributed by atoms with Crippen LogP contribution >= 0.6 is 69.6 Å². The van der Waals surface area contributed by atoms with Crippen molar-refractivity contribution < 1.29 is 9.59 Å². The number of hydrogen-bond donors (Lipinski definition) is 2. The molecule has 0 spiro atoms. The number of anilines is 2. The number of carbonyl (C=O) groups is 2. The van der Waals surface area contributed by atoms with E-state index in [9.17, 15) is 9.59 Å². The van der Waals surface area contributed by atoms with E-state index in [-0.39, 0.29) is 5.91 Å². The highest BCUT2D eigenvalue weighted by Gasteiger charge is 2.67. The SMILES string of the molecule is O=C(Nc1cc(NC(=O)[C@H]2[C@H](c3cc(Cl)cc(Cl)c3)C2(Cl)Cl)ccc1Cl)c1ccc(Cl)cc1. The predicted octanol–water partition coefficient (Wildman–Crippen LogP) is 8.08. The van der Waals surface area contributed by atoms with E-state index in [0.717, 1.165) is 0 Å². The third kappa shape index (κ3) is 5.37. The van der Waals surface area contributed by atoms with Crippen LogP contribution in [0.2, 0.25) is 20.1 Å². The molecule has 1 fully saturated rings. The lowest BCUT2D eigenvalue weighted by Gasteiger charge is -2.11. The van der Waals surface area contributed by atoms with Gasteiger partial charge >= 0.3 is 0 Å². The van der Waals surface area contributed by atoms with E-state index < -0.39 is 22.1 Å². The molecule has 0 aromatic heterocycles. The largest absolute Gasteiger partial charge is 0.326 e. The molecule has 1 aliphatic carbocycles. The molecule has 170 valence electrons. The van der Waals surface area contributed by atoms with Gasteiger partial charge in [0.15, 0.2) is 0 Å². The summed E-state index contributed by atoms with van der Waals surface area (Å²) in [7, 11) is 0. The Morgan fingerprint density at radius 3 is 2.03 bits per heavy atom. The Kier molecular flexibility index (Phi) is 7.07. The van der Waals surface area contributed by atoms with Gasteiger partial charge in [-0.05, 0) is 66.2 Å². The van der Waals surface area contributed by atoms with Crippen LogP contribution in [-0.2, 0) is 4.79 Å².